The fraction of sp³-hybridized carbons (Fsp3) is 0.261. The van der Waals surface area contributed by atoms with Crippen LogP contribution in [0.15, 0.2) is 56.7 Å². The number of aromatic amines is 1. The van der Waals surface area contributed by atoms with Crippen molar-refractivity contribution in [3.8, 4) is 0 Å². The van der Waals surface area contributed by atoms with Gasteiger partial charge < -0.3 is 21.1 Å². The van der Waals surface area contributed by atoms with Crippen LogP contribution in [0.4, 0.5) is 16.4 Å². The van der Waals surface area contributed by atoms with E-state index in [-0.39, 0.29) is 29.5 Å². The van der Waals surface area contributed by atoms with Crippen LogP contribution in [0.1, 0.15) is 34.3 Å². The van der Waals surface area contributed by atoms with Crippen LogP contribution in [0.3, 0.4) is 0 Å². The summed E-state index contributed by atoms with van der Waals surface area (Å²) in [4.78, 5) is 31.6. The third-order valence-electron chi connectivity index (χ3n) is 5.35. The fourth-order valence-corrected chi connectivity index (χ4v) is 4.90. The number of amidine groups is 1. The summed E-state index contributed by atoms with van der Waals surface area (Å²) in [7, 11) is 0. The number of rotatable bonds is 8. The average molecular weight is 530 g/mol. The van der Waals surface area contributed by atoms with Gasteiger partial charge in [-0.3, -0.25) is 19.0 Å². The number of nitrogens with one attached hydrogen (secondary N) is 2. The predicted octanol–water partition coefficient (Wildman–Crippen LogP) is 3.62. The van der Waals surface area contributed by atoms with Gasteiger partial charge in [-0.25, -0.2) is 0 Å². The number of nitrogens with zero attached hydrogens (tertiary/aromatic N) is 2. The van der Waals surface area contributed by atoms with Crippen LogP contribution in [-0.4, -0.2) is 40.9 Å². The second-order valence-electron chi connectivity index (χ2n) is 7.62. The molecule has 1 aromatic heterocycles. The van der Waals surface area contributed by atoms with Crippen LogP contribution >= 0.6 is 27.5 Å². The zero-order valence-electron chi connectivity index (χ0n) is 17.8. The Bertz CT molecular complexity index is 1250. The zero-order chi connectivity index (χ0) is 23.4. The van der Waals surface area contributed by atoms with Crippen LogP contribution in [0.25, 0.3) is 0 Å². The lowest BCUT2D eigenvalue weighted by Crippen LogP contribution is -2.28. The summed E-state index contributed by atoms with van der Waals surface area (Å²) >= 11 is 4.61. The monoisotopic (exact) mass is 529 g/mol. The Hall–Kier alpha value is -2.95. The Morgan fingerprint density at radius 3 is 2.94 bits per heavy atom. The molecule has 0 saturated carbocycles. The molecule has 5 N–H and O–H groups in total. The van der Waals surface area contributed by atoms with Gasteiger partial charge >= 0.3 is 0 Å². The third kappa shape index (κ3) is 5.18. The molecule has 0 aliphatic carbocycles. The van der Waals surface area contributed by atoms with Gasteiger partial charge in [0.05, 0.1) is 0 Å². The number of nitrogens with two attached hydrogens (primary N) is 1. The van der Waals surface area contributed by atoms with Gasteiger partial charge in [0.25, 0.3) is 11.5 Å². The Morgan fingerprint density at radius 1 is 1.27 bits per heavy atom. The predicted molar refractivity (Wildman–Crippen MR) is 136 cm³/mol. The van der Waals surface area contributed by atoms with Crippen LogP contribution in [-0.2, 0) is 6.42 Å². The largest absolute Gasteiger partial charge is 0.396 e. The van der Waals surface area contributed by atoms with Crippen molar-refractivity contribution in [1.29, 1.82) is 0 Å². The lowest BCUT2D eigenvalue weighted by atomic mass is 10.1. The van der Waals surface area contributed by atoms with Crippen molar-refractivity contribution in [2.75, 3.05) is 29.9 Å². The van der Waals surface area contributed by atoms with Crippen molar-refractivity contribution in [3.05, 3.63) is 74.0 Å². The van der Waals surface area contributed by atoms with E-state index in [0.29, 0.717) is 42.2 Å². The first-order chi connectivity index (χ1) is 16.0. The standard InChI is InChI=1S/C23H24BrN5O3S/c24-16-6-7-18-14(12-16)8-10-29(18)23(32)15-4-3-5-17(13-15)27-22-19(21(31)28-33-22)20(25)26-9-1-2-11-30/h3-7,12-13,27,30H,1-2,8-11H2,(H2,25,26)(H,28,31). The SMILES string of the molecule is NC(=NCCCCO)c1c(Nc2cccc(C(=O)N3CCc4cc(Br)ccc43)c2)s[nH]c1=O. The molecule has 10 heteroatoms. The van der Waals surface area contributed by atoms with Crippen molar-refractivity contribution >= 4 is 55.6 Å². The number of aliphatic hydroxyl groups is 1. The van der Waals surface area contributed by atoms with Crippen molar-refractivity contribution in [2.24, 2.45) is 10.7 Å². The quantitative estimate of drug-likeness (QED) is 0.201. The van der Waals surface area contributed by atoms with Crippen LogP contribution in [0.2, 0.25) is 0 Å². The molecule has 172 valence electrons. The molecule has 2 aromatic carbocycles. The minimum atomic E-state index is -0.321. The Labute approximate surface area is 203 Å². The first-order valence-electron chi connectivity index (χ1n) is 10.6. The highest BCUT2D eigenvalue weighted by Crippen LogP contribution is 2.32. The molecule has 1 aliphatic rings. The number of carbonyl (C=O) groups is 1. The third-order valence-corrected chi connectivity index (χ3v) is 6.65. The smallest absolute Gasteiger partial charge is 0.271 e. The van der Waals surface area contributed by atoms with Crippen LogP contribution < -0.4 is 21.5 Å². The molecule has 0 spiro atoms. The van der Waals surface area contributed by atoms with Gasteiger partial charge in [0.2, 0.25) is 0 Å². The number of fused-ring (bicyclic) bond motifs is 1. The molecule has 8 nitrogen and oxygen atoms in total. The highest BCUT2D eigenvalue weighted by Gasteiger charge is 2.26. The number of H-pyrrole nitrogens is 1. The van der Waals surface area contributed by atoms with E-state index in [2.05, 4.69) is 30.6 Å². The molecule has 4 rings (SSSR count). The molecule has 0 radical (unpaired) electrons. The van der Waals surface area contributed by atoms with Gasteiger partial charge in [-0.1, -0.05) is 22.0 Å². The van der Waals surface area contributed by atoms with E-state index in [9.17, 15) is 9.59 Å². The number of aromatic nitrogens is 1. The Balaban J connectivity index is 1.53. The minimum Gasteiger partial charge on any atom is -0.396 e. The topological polar surface area (TPSA) is 124 Å². The molecule has 0 unspecified atom stereocenters. The summed E-state index contributed by atoms with van der Waals surface area (Å²) in [5.74, 6) is 0.0668. The number of carbonyl (C=O) groups excluding carboxylic acids is 1. The molecule has 0 fully saturated rings. The highest BCUT2D eigenvalue weighted by molar-refractivity contribution is 9.10. The summed E-state index contributed by atoms with van der Waals surface area (Å²) in [5.41, 5.74) is 9.30. The van der Waals surface area contributed by atoms with Gasteiger partial charge in [-0.05, 0) is 72.8 Å². The molecular weight excluding hydrogens is 506 g/mol. The molecule has 33 heavy (non-hydrogen) atoms. The number of benzene rings is 2. The van der Waals surface area contributed by atoms with Crippen LogP contribution in [0, 0.1) is 0 Å². The second-order valence-corrected chi connectivity index (χ2v) is 9.35. The Kier molecular flexibility index (Phi) is 7.26. The maximum atomic E-state index is 13.2. The van der Waals surface area contributed by atoms with Crippen molar-refractivity contribution < 1.29 is 9.90 Å². The van der Waals surface area contributed by atoms with Gasteiger partial charge in [-0.15, -0.1) is 0 Å². The number of halogens is 1. The van der Waals surface area contributed by atoms with E-state index in [0.717, 1.165) is 33.7 Å². The highest BCUT2D eigenvalue weighted by atomic mass is 79.9. The first-order valence-corrected chi connectivity index (χ1v) is 12.2. The first kappa shape index (κ1) is 23.2. The molecule has 0 saturated heterocycles. The summed E-state index contributed by atoms with van der Waals surface area (Å²) in [5, 5.41) is 12.6. The number of amides is 1. The molecule has 3 aromatic rings. The lowest BCUT2D eigenvalue weighted by molar-refractivity contribution is 0.0989. The molecule has 0 bridgehead atoms. The number of aliphatic hydroxyl groups excluding tert-OH is 1. The summed E-state index contributed by atoms with van der Waals surface area (Å²) in [6.07, 6.45) is 2.13. The Morgan fingerprint density at radius 2 is 2.12 bits per heavy atom. The van der Waals surface area contributed by atoms with E-state index in [1.807, 2.05) is 24.3 Å². The number of anilines is 3. The van der Waals surface area contributed by atoms with E-state index in [4.69, 9.17) is 10.8 Å². The number of hydrogen-bond acceptors (Lipinski definition) is 6. The number of hydrogen-bond donors (Lipinski definition) is 4. The summed E-state index contributed by atoms with van der Waals surface area (Å²) in [6.45, 7) is 1.16. The maximum Gasteiger partial charge on any atom is 0.271 e. The van der Waals surface area contributed by atoms with Crippen LogP contribution in [0.5, 0.6) is 0 Å². The molecule has 0 atom stereocenters. The molecular formula is C23H24BrN5O3S. The van der Waals surface area contributed by atoms with Crippen molar-refractivity contribution in [2.45, 2.75) is 19.3 Å². The maximum absolute atomic E-state index is 13.2. The van der Waals surface area contributed by atoms with Gasteiger partial charge in [0.1, 0.15) is 16.4 Å². The molecule has 2 heterocycles. The van der Waals surface area contributed by atoms with Gasteiger partial charge in [0, 0.05) is 41.1 Å². The second kappa shape index (κ2) is 10.3. The van der Waals surface area contributed by atoms with Gasteiger partial charge in [0.15, 0.2) is 0 Å². The zero-order valence-corrected chi connectivity index (χ0v) is 20.2. The minimum absolute atomic E-state index is 0.0767. The molecule has 1 aliphatic heterocycles. The molecule has 1 amide bonds. The number of aliphatic imine (C=N–C) groups is 1. The lowest BCUT2D eigenvalue weighted by Gasteiger charge is -2.18. The van der Waals surface area contributed by atoms with Crippen molar-refractivity contribution in [3.63, 3.8) is 0 Å². The van der Waals surface area contributed by atoms with E-state index >= 15 is 0 Å². The normalized spacial score (nSPS) is 13.3. The van der Waals surface area contributed by atoms with E-state index < -0.39 is 0 Å². The summed E-state index contributed by atoms with van der Waals surface area (Å²) in [6, 6.07) is 13.1. The average Bonchev–Trinajstić information content (AvgIpc) is 3.39. The van der Waals surface area contributed by atoms with Crippen molar-refractivity contribution in [1.82, 2.24) is 4.37 Å². The van der Waals surface area contributed by atoms with Gasteiger partial charge in [-0.2, -0.15) is 0 Å². The number of unbranched alkanes of at least 4 members (excludes halogenated alkanes) is 1. The van der Waals surface area contributed by atoms with E-state index in [1.54, 1.807) is 23.1 Å². The fourth-order valence-electron chi connectivity index (χ4n) is 3.72. The van der Waals surface area contributed by atoms with E-state index in [1.165, 1.54) is 0 Å². The summed E-state index contributed by atoms with van der Waals surface area (Å²) < 4.78 is 3.68.